The Kier molecular flexibility index (Phi) is 4.75. The standard InChI is InChI=1S/C20H19NO3/c1-14-8-9-16(10-15(14)2)11-20(22)23-13-19-21-12-18(24-19)17-6-4-3-5-7-17/h3-10,12H,11,13H2,1-2H3. The zero-order chi connectivity index (χ0) is 16.9. The van der Waals surface area contributed by atoms with Gasteiger partial charge >= 0.3 is 5.97 Å². The molecule has 2 aromatic carbocycles. The number of hydrogen-bond acceptors (Lipinski definition) is 4. The van der Waals surface area contributed by atoms with Gasteiger partial charge in [-0.1, -0.05) is 48.5 Å². The Hall–Kier alpha value is -2.88. The summed E-state index contributed by atoms with van der Waals surface area (Å²) >= 11 is 0. The third-order valence-electron chi connectivity index (χ3n) is 3.89. The van der Waals surface area contributed by atoms with E-state index < -0.39 is 0 Å². The second-order valence-corrected chi connectivity index (χ2v) is 5.74. The van der Waals surface area contributed by atoms with Crippen molar-refractivity contribution < 1.29 is 13.9 Å². The smallest absolute Gasteiger partial charge is 0.310 e. The molecule has 0 amide bonds. The SMILES string of the molecule is Cc1ccc(CC(=O)OCc2ncc(-c3ccccc3)o2)cc1C. The minimum Gasteiger partial charge on any atom is -0.455 e. The van der Waals surface area contributed by atoms with Crippen molar-refractivity contribution in [2.45, 2.75) is 26.9 Å². The van der Waals surface area contributed by atoms with Gasteiger partial charge in [0.05, 0.1) is 12.6 Å². The van der Waals surface area contributed by atoms with Crippen molar-refractivity contribution in [2.24, 2.45) is 0 Å². The summed E-state index contributed by atoms with van der Waals surface area (Å²) in [7, 11) is 0. The average molecular weight is 321 g/mol. The molecule has 1 aromatic heterocycles. The topological polar surface area (TPSA) is 52.3 Å². The monoisotopic (exact) mass is 321 g/mol. The predicted molar refractivity (Wildman–Crippen MR) is 91.4 cm³/mol. The van der Waals surface area contributed by atoms with Gasteiger partial charge < -0.3 is 9.15 Å². The number of carbonyl (C=O) groups is 1. The molecule has 0 aliphatic rings. The van der Waals surface area contributed by atoms with Crippen LogP contribution in [-0.2, 0) is 22.6 Å². The molecule has 0 fully saturated rings. The first-order valence-electron chi connectivity index (χ1n) is 7.84. The Morgan fingerprint density at radius 2 is 1.88 bits per heavy atom. The van der Waals surface area contributed by atoms with Crippen LogP contribution in [-0.4, -0.2) is 11.0 Å². The molecule has 0 atom stereocenters. The van der Waals surface area contributed by atoms with E-state index in [0.29, 0.717) is 11.7 Å². The van der Waals surface area contributed by atoms with E-state index in [0.717, 1.165) is 11.1 Å². The summed E-state index contributed by atoms with van der Waals surface area (Å²) in [4.78, 5) is 16.1. The fourth-order valence-electron chi connectivity index (χ4n) is 2.39. The third kappa shape index (κ3) is 3.90. The maximum atomic E-state index is 12.0. The summed E-state index contributed by atoms with van der Waals surface area (Å²) in [6, 6.07) is 15.7. The van der Waals surface area contributed by atoms with E-state index in [1.807, 2.05) is 62.4 Å². The highest BCUT2D eigenvalue weighted by atomic mass is 16.5. The summed E-state index contributed by atoms with van der Waals surface area (Å²) in [5.41, 5.74) is 4.26. The average Bonchev–Trinajstić information content (AvgIpc) is 3.06. The second kappa shape index (κ2) is 7.13. The molecule has 0 spiro atoms. The van der Waals surface area contributed by atoms with E-state index in [1.54, 1.807) is 6.20 Å². The number of esters is 1. The fraction of sp³-hybridized carbons (Fsp3) is 0.200. The minimum atomic E-state index is -0.294. The molecule has 3 aromatic rings. The molecule has 4 nitrogen and oxygen atoms in total. The second-order valence-electron chi connectivity index (χ2n) is 5.74. The number of aromatic nitrogens is 1. The molecule has 0 saturated carbocycles. The van der Waals surface area contributed by atoms with E-state index in [1.165, 1.54) is 11.1 Å². The normalized spacial score (nSPS) is 10.6. The lowest BCUT2D eigenvalue weighted by Crippen LogP contribution is -2.08. The highest BCUT2D eigenvalue weighted by molar-refractivity contribution is 5.72. The van der Waals surface area contributed by atoms with Gasteiger partial charge in [-0.05, 0) is 30.5 Å². The van der Waals surface area contributed by atoms with Crippen LogP contribution in [0.4, 0.5) is 0 Å². The molecular formula is C20H19NO3. The lowest BCUT2D eigenvalue weighted by Gasteiger charge is -2.05. The molecule has 0 aliphatic carbocycles. The van der Waals surface area contributed by atoms with Gasteiger partial charge in [-0.2, -0.15) is 0 Å². The fourth-order valence-corrected chi connectivity index (χ4v) is 2.39. The first kappa shape index (κ1) is 16.0. The summed E-state index contributed by atoms with van der Waals surface area (Å²) in [6.07, 6.45) is 1.88. The molecule has 0 bridgehead atoms. The zero-order valence-corrected chi connectivity index (χ0v) is 13.8. The highest BCUT2D eigenvalue weighted by Crippen LogP contribution is 2.20. The van der Waals surface area contributed by atoms with Gasteiger partial charge in [-0.3, -0.25) is 4.79 Å². The van der Waals surface area contributed by atoms with Crippen molar-refractivity contribution in [3.8, 4) is 11.3 Å². The lowest BCUT2D eigenvalue weighted by atomic mass is 10.0. The highest BCUT2D eigenvalue weighted by Gasteiger charge is 2.10. The maximum Gasteiger partial charge on any atom is 0.310 e. The van der Waals surface area contributed by atoms with Gasteiger partial charge in [0.1, 0.15) is 0 Å². The molecule has 122 valence electrons. The van der Waals surface area contributed by atoms with Gasteiger partial charge in [0.15, 0.2) is 12.4 Å². The summed E-state index contributed by atoms with van der Waals surface area (Å²) in [5, 5.41) is 0. The van der Waals surface area contributed by atoms with Crippen LogP contribution in [0.3, 0.4) is 0 Å². The quantitative estimate of drug-likeness (QED) is 0.659. The summed E-state index contributed by atoms with van der Waals surface area (Å²) in [6.45, 7) is 4.11. The molecule has 4 heteroatoms. The van der Waals surface area contributed by atoms with Crippen molar-refractivity contribution in [1.82, 2.24) is 4.98 Å². The maximum absolute atomic E-state index is 12.0. The number of benzene rings is 2. The molecule has 24 heavy (non-hydrogen) atoms. The Morgan fingerprint density at radius 1 is 1.08 bits per heavy atom. The van der Waals surface area contributed by atoms with Crippen LogP contribution in [0.5, 0.6) is 0 Å². The van der Waals surface area contributed by atoms with Gasteiger partial charge in [0.2, 0.25) is 5.89 Å². The largest absolute Gasteiger partial charge is 0.455 e. The molecule has 0 saturated heterocycles. The van der Waals surface area contributed by atoms with Crippen LogP contribution in [0.25, 0.3) is 11.3 Å². The Labute approximate surface area is 141 Å². The Morgan fingerprint density at radius 3 is 2.62 bits per heavy atom. The molecule has 0 radical (unpaired) electrons. The van der Waals surface area contributed by atoms with E-state index in [4.69, 9.17) is 9.15 Å². The van der Waals surface area contributed by atoms with Crippen LogP contribution in [0, 0.1) is 13.8 Å². The van der Waals surface area contributed by atoms with E-state index in [9.17, 15) is 4.79 Å². The molecule has 0 aliphatic heterocycles. The van der Waals surface area contributed by atoms with Crippen molar-refractivity contribution in [3.05, 3.63) is 77.3 Å². The summed E-state index contributed by atoms with van der Waals surface area (Å²) < 4.78 is 10.9. The Balaban J connectivity index is 1.56. The predicted octanol–water partition coefficient (Wildman–Crippen LogP) is 4.24. The number of oxazole rings is 1. The molecule has 0 unspecified atom stereocenters. The van der Waals surface area contributed by atoms with E-state index >= 15 is 0 Å². The number of carbonyl (C=O) groups excluding carboxylic acids is 1. The number of aryl methyl sites for hydroxylation is 2. The van der Waals surface area contributed by atoms with Crippen molar-refractivity contribution >= 4 is 5.97 Å². The van der Waals surface area contributed by atoms with E-state index in [-0.39, 0.29) is 19.0 Å². The molecule has 3 rings (SSSR count). The number of hydrogen-bond donors (Lipinski definition) is 0. The first-order valence-corrected chi connectivity index (χ1v) is 7.84. The van der Waals surface area contributed by atoms with Crippen LogP contribution in [0.2, 0.25) is 0 Å². The Bertz CT molecular complexity index is 837. The first-order chi connectivity index (χ1) is 11.6. The third-order valence-corrected chi connectivity index (χ3v) is 3.89. The van der Waals surface area contributed by atoms with Crippen LogP contribution >= 0.6 is 0 Å². The van der Waals surface area contributed by atoms with Gasteiger partial charge in [0.25, 0.3) is 0 Å². The van der Waals surface area contributed by atoms with Crippen molar-refractivity contribution in [3.63, 3.8) is 0 Å². The van der Waals surface area contributed by atoms with Gasteiger partial charge in [0, 0.05) is 5.56 Å². The van der Waals surface area contributed by atoms with Crippen LogP contribution in [0.1, 0.15) is 22.6 Å². The summed E-state index contributed by atoms with van der Waals surface area (Å²) in [5.74, 6) is 0.760. The van der Waals surface area contributed by atoms with Crippen molar-refractivity contribution in [2.75, 3.05) is 0 Å². The van der Waals surface area contributed by atoms with Crippen LogP contribution in [0.15, 0.2) is 59.1 Å². The molecule has 1 heterocycles. The number of rotatable bonds is 5. The van der Waals surface area contributed by atoms with Crippen molar-refractivity contribution in [1.29, 1.82) is 0 Å². The van der Waals surface area contributed by atoms with Gasteiger partial charge in [-0.15, -0.1) is 0 Å². The molecule has 0 N–H and O–H groups in total. The lowest BCUT2D eigenvalue weighted by molar-refractivity contribution is -0.144. The van der Waals surface area contributed by atoms with Crippen LogP contribution < -0.4 is 0 Å². The molecular weight excluding hydrogens is 302 g/mol. The van der Waals surface area contributed by atoms with Gasteiger partial charge in [-0.25, -0.2) is 4.98 Å². The number of nitrogens with zero attached hydrogens (tertiary/aromatic N) is 1. The minimum absolute atomic E-state index is 0.0382. The number of ether oxygens (including phenoxy) is 1. The van der Waals surface area contributed by atoms with E-state index in [2.05, 4.69) is 4.98 Å². The zero-order valence-electron chi connectivity index (χ0n) is 13.8.